The van der Waals surface area contributed by atoms with Gasteiger partial charge in [0.2, 0.25) is 5.91 Å². The Morgan fingerprint density at radius 3 is 2.44 bits per heavy atom. The van der Waals surface area contributed by atoms with Crippen LogP contribution in [0.25, 0.3) is 0 Å². The van der Waals surface area contributed by atoms with Gasteiger partial charge in [0.25, 0.3) is 0 Å². The van der Waals surface area contributed by atoms with Crippen LogP contribution in [-0.4, -0.2) is 86.2 Å². The second kappa shape index (κ2) is 12.2. The number of amides is 1. The van der Waals surface area contributed by atoms with E-state index in [9.17, 15) is 4.79 Å². The van der Waals surface area contributed by atoms with Gasteiger partial charge in [0.05, 0.1) is 12.6 Å². The highest BCUT2D eigenvalue weighted by atomic mass is 32.2. The third-order valence-corrected chi connectivity index (χ3v) is 5.26. The van der Waals surface area contributed by atoms with Crippen LogP contribution in [0.2, 0.25) is 0 Å². The SMILES string of the molecule is CSCC(C)OCCCNC(=O)CN1CCN(CCC(C)(C)C)CC1. The maximum Gasteiger partial charge on any atom is 0.234 e. The molecule has 0 aliphatic carbocycles. The Morgan fingerprint density at radius 2 is 1.84 bits per heavy atom. The number of thioether (sulfide) groups is 1. The predicted octanol–water partition coefficient (Wildman–Crippen LogP) is 2.31. The molecule has 0 bridgehead atoms. The van der Waals surface area contributed by atoms with Crippen LogP contribution in [0.1, 0.15) is 40.5 Å². The van der Waals surface area contributed by atoms with Gasteiger partial charge in [0.15, 0.2) is 0 Å². The smallest absolute Gasteiger partial charge is 0.234 e. The minimum absolute atomic E-state index is 0.139. The van der Waals surface area contributed by atoms with Crippen LogP contribution < -0.4 is 5.32 Å². The van der Waals surface area contributed by atoms with Crippen molar-refractivity contribution < 1.29 is 9.53 Å². The fourth-order valence-corrected chi connectivity index (χ4v) is 3.36. The van der Waals surface area contributed by atoms with E-state index < -0.39 is 0 Å². The average Bonchev–Trinajstić information content (AvgIpc) is 2.53. The molecule has 0 aromatic rings. The first kappa shape index (κ1) is 22.7. The van der Waals surface area contributed by atoms with Gasteiger partial charge in [-0.25, -0.2) is 0 Å². The lowest BCUT2D eigenvalue weighted by Gasteiger charge is -2.35. The zero-order valence-electron chi connectivity index (χ0n) is 17.0. The molecule has 1 rings (SSSR count). The van der Waals surface area contributed by atoms with E-state index in [0.29, 0.717) is 31.2 Å². The minimum atomic E-state index is 0.139. The topological polar surface area (TPSA) is 44.8 Å². The molecule has 1 N–H and O–H groups in total. The monoisotopic (exact) mass is 373 g/mol. The molecular formula is C19H39N3O2S. The van der Waals surface area contributed by atoms with Crippen molar-refractivity contribution in [3.63, 3.8) is 0 Å². The quantitative estimate of drug-likeness (QED) is 0.563. The Hall–Kier alpha value is -0.300. The highest BCUT2D eigenvalue weighted by Gasteiger charge is 2.20. The normalized spacial score (nSPS) is 18.3. The predicted molar refractivity (Wildman–Crippen MR) is 108 cm³/mol. The molecule has 0 spiro atoms. The lowest BCUT2D eigenvalue weighted by Crippen LogP contribution is -2.49. The first-order valence-corrected chi connectivity index (χ1v) is 11.0. The maximum atomic E-state index is 12.0. The molecule has 0 aromatic heterocycles. The number of piperazine rings is 1. The average molecular weight is 374 g/mol. The van der Waals surface area contributed by atoms with E-state index in [1.807, 2.05) is 0 Å². The van der Waals surface area contributed by atoms with Crippen molar-refractivity contribution in [3.05, 3.63) is 0 Å². The summed E-state index contributed by atoms with van der Waals surface area (Å²) in [5.74, 6) is 1.16. The Labute approximate surface area is 159 Å². The van der Waals surface area contributed by atoms with Crippen LogP contribution in [0, 0.1) is 5.41 Å². The molecule has 148 valence electrons. The molecule has 1 aliphatic heterocycles. The van der Waals surface area contributed by atoms with Crippen molar-refractivity contribution in [3.8, 4) is 0 Å². The number of hydrogen-bond donors (Lipinski definition) is 1. The fourth-order valence-electron chi connectivity index (χ4n) is 2.79. The van der Waals surface area contributed by atoms with E-state index in [0.717, 1.165) is 38.4 Å². The number of nitrogens with one attached hydrogen (secondary N) is 1. The summed E-state index contributed by atoms with van der Waals surface area (Å²) in [6, 6.07) is 0. The van der Waals surface area contributed by atoms with Crippen LogP contribution in [0.4, 0.5) is 0 Å². The zero-order valence-corrected chi connectivity index (χ0v) is 17.8. The molecule has 1 atom stereocenters. The number of carbonyl (C=O) groups is 1. The summed E-state index contributed by atoms with van der Waals surface area (Å²) in [6.07, 6.45) is 4.49. The van der Waals surface area contributed by atoms with Crippen molar-refractivity contribution in [2.75, 3.05) is 64.4 Å². The van der Waals surface area contributed by atoms with Gasteiger partial charge >= 0.3 is 0 Å². The van der Waals surface area contributed by atoms with Crippen molar-refractivity contribution in [1.29, 1.82) is 0 Å². The largest absolute Gasteiger partial charge is 0.378 e. The van der Waals surface area contributed by atoms with Crippen LogP contribution in [0.15, 0.2) is 0 Å². The van der Waals surface area contributed by atoms with E-state index in [-0.39, 0.29) is 5.91 Å². The van der Waals surface area contributed by atoms with Gasteiger partial charge in [-0.05, 0) is 38.0 Å². The summed E-state index contributed by atoms with van der Waals surface area (Å²) in [5.41, 5.74) is 0.397. The van der Waals surface area contributed by atoms with Gasteiger partial charge in [0.1, 0.15) is 0 Å². The summed E-state index contributed by atoms with van der Waals surface area (Å²) in [5, 5.41) is 3.01. The molecule has 0 saturated carbocycles. The third-order valence-electron chi connectivity index (χ3n) is 4.46. The third kappa shape index (κ3) is 11.8. The number of ether oxygens (including phenoxy) is 1. The molecule has 0 aromatic carbocycles. The van der Waals surface area contributed by atoms with E-state index >= 15 is 0 Å². The van der Waals surface area contributed by atoms with E-state index in [1.54, 1.807) is 11.8 Å². The molecule has 1 saturated heterocycles. The van der Waals surface area contributed by atoms with Crippen molar-refractivity contribution in [2.24, 2.45) is 5.41 Å². The van der Waals surface area contributed by atoms with Crippen LogP contribution in [-0.2, 0) is 9.53 Å². The van der Waals surface area contributed by atoms with Gasteiger partial charge in [0, 0.05) is 45.1 Å². The summed E-state index contributed by atoms with van der Waals surface area (Å²) >= 11 is 1.80. The van der Waals surface area contributed by atoms with Crippen molar-refractivity contribution in [1.82, 2.24) is 15.1 Å². The van der Waals surface area contributed by atoms with E-state index in [4.69, 9.17) is 4.74 Å². The number of rotatable bonds is 11. The van der Waals surface area contributed by atoms with Crippen molar-refractivity contribution >= 4 is 17.7 Å². The molecule has 1 fully saturated rings. The number of hydrogen-bond acceptors (Lipinski definition) is 5. The van der Waals surface area contributed by atoms with Gasteiger partial charge in [-0.3, -0.25) is 9.69 Å². The van der Waals surface area contributed by atoms with Crippen LogP contribution >= 0.6 is 11.8 Å². The van der Waals surface area contributed by atoms with E-state index in [1.165, 1.54) is 13.0 Å². The Balaban J connectivity index is 2.05. The summed E-state index contributed by atoms with van der Waals surface area (Å²) in [6.45, 7) is 16.2. The Kier molecular flexibility index (Phi) is 11.1. The van der Waals surface area contributed by atoms with E-state index in [2.05, 4.69) is 49.1 Å². The van der Waals surface area contributed by atoms with Gasteiger partial charge in [-0.1, -0.05) is 20.8 Å². The lowest BCUT2D eigenvalue weighted by atomic mass is 9.92. The molecule has 0 radical (unpaired) electrons. The standard InChI is InChI=1S/C19H39N3O2S/c1-17(16-25-5)24-14-6-8-20-18(23)15-22-12-10-21(11-13-22)9-7-19(2,3)4/h17H,6-16H2,1-5H3,(H,20,23). The Bertz CT molecular complexity index is 366. The fraction of sp³-hybridized carbons (Fsp3) is 0.947. The van der Waals surface area contributed by atoms with Gasteiger partial charge in [-0.15, -0.1) is 0 Å². The molecule has 1 unspecified atom stereocenters. The molecule has 5 nitrogen and oxygen atoms in total. The number of carbonyl (C=O) groups excluding carboxylic acids is 1. The molecule has 1 amide bonds. The zero-order chi connectivity index (χ0) is 18.7. The summed E-state index contributed by atoms with van der Waals surface area (Å²) in [7, 11) is 0. The van der Waals surface area contributed by atoms with Gasteiger partial charge in [-0.2, -0.15) is 11.8 Å². The number of nitrogens with zero attached hydrogens (tertiary/aromatic N) is 2. The first-order valence-electron chi connectivity index (χ1n) is 9.62. The highest BCUT2D eigenvalue weighted by Crippen LogP contribution is 2.19. The lowest BCUT2D eigenvalue weighted by molar-refractivity contribution is -0.122. The molecule has 6 heteroatoms. The molecule has 25 heavy (non-hydrogen) atoms. The molecule has 1 heterocycles. The molecular weight excluding hydrogens is 334 g/mol. The summed E-state index contributed by atoms with van der Waals surface area (Å²) in [4.78, 5) is 16.8. The maximum absolute atomic E-state index is 12.0. The first-order chi connectivity index (χ1) is 11.8. The molecule has 1 aliphatic rings. The summed E-state index contributed by atoms with van der Waals surface area (Å²) < 4.78 is 5.68. The second-order valence-electron chi connectivity index (χ2n) is 8.27. The van der Waals surface area contributed by atoms with Crippen molar-refractivity contribution in [2.45, 2.75) is 46.6 Å². The highest BCUT2D eigenvalue weighted by molar-refractivity contribution is 7.98. The minimum Gasteiger partial charge on any atom is -0.378 e. The van der Waals surface area contributed by atoms with Gasteiger partial charge < -0.3 is 15.0 Å². The second-order valence-corrected chi connectivity index (χ2v) is 9.18. The van der Waals surface area contributed by atoms with Crippen LogP contribution in [0.3, 0.4) is 0 Å². The van der Waals surface area contributed by atoms with Crippen LogP contribution in [0.5, 0.6) is 0 Å². The Morgan fingerprint density at radius 1 is 1.20 bits per heavy atom.